The first-order chi connectivity index (χ1) is 30.7. The summed E-state index contributed by atoms with van der Waals surface area (Å²) in [5.41, 5.74) is 0.659. The van der Waals surface area contributed by atoms with Crippen LogP contribution in [0.3, 0.4) is 0 Å². The highest BCUT2D eigenvalue weighted by Crippen LogP contribution is 2.56. The Kier molecular flexibility index (Phi) is 15.4. The molecule has 20 heteroatoms. The van der Waals surface area contributed by atoms with Crippen molar-refractivity contribution < 1.29 is 44.6 Å². The molecule has 2 heterocycles. The van der Waals surface area contributed by atoms with Crippen LogP contribution in [0.4, 0.5) is 0 Å². The molecule has 0 aliphatic carbocycles. The largest absolute Gasteiger partial charge is 0.489 e. The van der Waals surface area contributed by atoms with Crippen LogP contribution in [0.15, 0.2) is 105 Å². The zero-order chi connectivity index (χ0) is 47.5. The third-order valence-electron chi connectivity index (χ3n) is 11.0. The Morgan fingerprint density at radius 3 is 1.63 bits per heavy atom. The summed E-state index contributed by atoms with van der Waals surface area (Å²) in [6.45, 7) is 7.58. The van der Waals surface area contributed by atoms with Gasteiger partial charge in [0.05, 0.1) is 32.4 Å². The van der Waals surface area contributed by atoms with Crippen LogP contribution in [0.5, 0.6) is 23.0 Å². The van der Waals surface area contributed by atoms with Crippen LogP contribution in [0.25, 0.3) is 0 Å². The fourth-order valence-electron chi connectivity index (χ4n) is 7.54. The molecule has 0 spiro atoms. The molecule has 0 aliphatic rings. The van der Waals surface area contributed by atoms with Crippen LogP contribution >= 0.6 is 58.0 Å². The normalized spacial score (nSPS) is 14.7. The minimum absolute atomic E-state index is 0.0416. The van der Waals surface area contributed by atoms with Crippen LogP contribution < -0.4 is 18.9 Å². The molecule has 0 aliphatic heterocycles. The molecular weight excluding hydrogens is 984 g/mol. The highest BCUT2D eigenvalue weighted by Gasteiger charge is 2.50. The lowest BCUT2D eigenvalue weighted by molar-refractivity contribution is 0.191. The lowest BCUT2D eigenvalue weighted by atomic mass is 9.53. The molecule has 0 fully saturated rings. The summed E-state index contributed by atoms with van der Waals surface area (Å²) in [4.78, 5) is 7.98. The highest BCUT2D eigenvalue weighted by atomic mass is 35.5. The zero-order valence-corrected chi connectivity index (χ0v) is 41.1. The van der Waals surface area contributed by atoms with E-state index < -0.39 is 47.9 Å². The van der Waals surface area contributed by atoms with E-state index in [2.05, 4.69) is 16.0 Å². The van der Waals surface area contributed by atoms with Gasteiger partial charge in [-0.25, -0.2) is 26.8 Å². The van der Waals surface area contributed by atoms with E-state index in [0.717, 1.165) is 18.9 Å². The number of hydrogen-bond acceptors (Lipinski definition) is 13. The number of nitrogens with zero attached hydrogens (tertiary/aromatic N) is 3. The standard InChI is InChI=1S/C45H42Cl5N3O10S2/c1-26(38-24-60-43(53-38)65(6,56)57)62-33-11-7-29(8-12-33)44(3,31-19-28(23-51)40(35(48)20-31)58-17-15-46)45(4,32-21-36(49)41(37(50)22-32)59-18-16-47)30-9-13-34(14-10-30)63-27(2)39-42(52-25-61-39)64(5,54)55/h7-14,19-22,24-27H,15-18H2,1-6H3/t26?,27-,44?,45?/m0/s1. The van der Waals surface area contributed by atoms with Gasteiger partial charge in [-0.1, -0.05) is 72.9 Å². The Bertz CT molecular complexity index is 2920. The Morgan fingerprint density at radius 2 is 1.17 bits per heavy atom. The maximum absolute atomic E-state index is 12.4. The van der Waals surface area contributed by atoms with Crippen molar-refractivity contribution in [2.24, 2.45) is 0 Å². The number of ether oxygens (including phenoxy) is 4. The molecule has 0 radical (unpaired) electrons. The molecule has 0 bridgehead atoms. The van der Waals surface area contributed by atoms with Gasteiger partial charge in [0.1, 0.15) is 48.8 Å². The summed E-state index contributed by atoms with van der Waals surface area (Å²) in [5, 5.41) is 10.4. The maximum atomic E-state index is 12.4. The minimum Gasteiger partial charge on any atom is -0.489 e. The van der Waals surface area contributed by atoms with E-state index in [1.54, 1.807) is 62.4 Å². The topological polar surface area (TPSA) is 181 Å². The first kappa shape index (κ1) is 49.8. The number of benzene rings is 4. The summed E-state index contributed by atoms with van der Waals surface area (Å²) >= 11 is 32.9. The summed E-state index contributed by atoms with van der Waals surface area (Å²) in [6, 6.07) is 23.6. The molecule has 0 amide bonds. The van der Waals surface area contributed by atoms with Gasteiger partial charge in [0.25, 0.3) is 0 Å². The maximum Gasteiger partial charge on any atom is 0.314 e. The van der Waals surface area contributed by atoms with Crippen molar-refractivity contribution in [2.75, 3.05) is 37.5 Å². The van der Waals surface area contributed by atoms with E-state index in [-0.39, 0.29) is 73.6 Å². The van der Waals surface area contributed by atoms with Crippen molar-refractivity contribution in [1.82, 2.24) is 9.97 Å². The summed E-state index contributed by atoms with van der Waals surface area (Å²) < 4.78 is 83.6. The SMILES string of the molecule is CC(Oc1ccc(C(C)(c2cc(Cl)c(OCCCl)c(C#N)c2)C(C)(c2ccc(O[C@@H](C)c3ocnc3S(C)(=O)=O)cc2)c2cc(Cl)c(OCCCl)c(Cl)c2)cc1)c1coc(S(C)(=O)=O)n1. The first-order valence-corrected chi connectivity index (χ1v) is 25.6. The molecule has 0 saturated carbocycles. The van der Waals surface area contributed by atoms with Crippen molar-refractivity contribution in [2.45, 2.75) is 61.0 Å². The van der Waals surface area contributed by atoms with Gasteiger partial charge in [-0.2, -0.15) is 5.26 Å². The molecule has 3 unspecified atom stereocenters. The summed E-state index contributed by atoms with van der Waals surface area (Å²) in [5.74, 6) is 1.59. The molecule has 344 valence electrons. The first-order valence-electron chi connectivity index (χ1n) is 19.6. The minimum atomic E-state index is -3.71. The van der Waals surface area contributed by atoms with Crippen molar-refractivity contribution in [1.29, 1.82) is 5.26 Å². The Balaban J connectivity index is 1.56. The Hall–Kier alpha value is -4.66. The van der Waals surface area contributed by atoms with Crippen LogP contribution in [0.1, 0.15) is 79.2 Å². The van der Waals surface area contributed by atoms with E-state index in [1.807, 2.05) is 38.1 Å². The van der Waals surface area contributed by atoms with Crippen molar-refractivity contribution >= 4 is 77.7 Å². The fourth-order valence-corrected chi connectivity index (χ4v) is 9.88. The lowest BCUT2D eigenvalue weighted by Gasteiger charge is -2.49. The summed E-state index contributed by atoms with van der Waals surface area (Å²) in [7, 11) is -7.40. The van der Waals surface area contributed by atoms with Crippen molar-refractivity contribution in [3.63, 3.8) is 0 Å². The van der Waals surface area contributed by atoms with Gasteiger partial charge < -0.3 is 27.8 Å². The predicted molar refractivity (Wildman–Crippen MR) is 248 cm³/mol. The van der Waals surface area contributed by atoms with Crippen LogP contribution in [0.2, 0.25) is 15.1 Å². The smallest absolute Gasteiger partial charge is 0.314 e. The molecule has 65 heavy (non-hydrogen) atoms. The number of oxazole rings is 2. The molecule has 6 aromatic rings. The summed E-state index contributed by atoms with van der Waals surface area (Å²) in [6.07, 6.45) is 2.77. The molecule has 0 saturated heterocycles. The number of alkyl halides is 2. The predicted octanol–water partition coefficient (Wildman–Crippen LogP) is 11.1. The molecule has 6 rings (SSSR count). The molecule has 4 atom stereocenters. The Labute approximate surface area is 402 Å². The van der Waals surface area contributed by atoms with Gasteiger partial charge in [-0.15, -0.1) is 23.2 Å². The van der Waals surface area contributed by atoms with Crippen LogP contribution in [-0.4, -0.2) is 64.3 Å². The molecule has 13 nitrogen and oxygen atoms in total. The van der Waals surface area contributed by atoms with E-state index in [1.165, 1.54) is 6.26 Å². The van der Waals surface area contributed by atoms with Crippen molar-refractivity contribution in [3.8, 4) is 29.1 Å². The monoisotopic (exact) mass is 1020 g/mol. The van der Waals surface area contributed by atoms with E-state index in [9.17, 15) is 22.1 Å². The second-order valence-corrected chi connectivity index (χ2v) is 21.0. The average molecular weight is 1030 g/mol. The second kappa shape index (κ2) is 20.1. The third kappa shape index (κ3) is 10.3. The molecule has 4 aromatic carbocycles. The quantitative estimate of drug-likeness (QED) is 0.0700. The number of sulfone groups is 2. The number of aromatic nitrogens is 2. The van der Waals surface area contributed by atoms with E-state index >= 15 is 0 Å². The van der Waals surface area contributed by atoms with Crippen LogP contribution in [-0.2, 0) is 30.5 Å². The van der Waals surface area contributed by atoms with Gasteiger partial charge in [0, 0.05) is 23.3 Å². The average Bonchev–Trinajstić information content (AvgIpc) is 3.98. The zero-order valence-electron chi connectivity index (χ0n) is 35.7. The molecule has 2 aromatic heterocycles. The van der Waals surface area contributed by atoms with Crippen molar-refractivity contribution in [3.05, 3.63) is 140 Å². The second-order valence-electron chi connectivity index (χ2n) is 15.2. The third-order valence-corrected chi connectivity index (χ3v) is 14.0. The molecular formula is C45H42Cl5N3O10S2. The number of nitriles is 1. The van der Waals surface area contributed by atoms with Gasteiger partial charge in [0.2, 0.25) is 9.84 Å². The van der Waals surface area contributed by atoms with Gasteiger partial charge in [0.15, 0.2) is 44.6 Å². The Morgan fingerprint density at radius 1 is 0.692 bits per heavy atom. The highest BCUT2D eigenvalue weighted by molar-refractivity contribution is 7.90. The van der Waals surface area contributed by atoms with Crippen LogP contribution in [0, 0.1) is 11.3 Å². The number of halogens is 5. The number of hydrogen-bond donors (Lipinski definition) is 0. The van der Waals surface area contributed by atoms with Gasteiger partial charge in [-0.05, 0) is 84.6 Å². The number of rotatable bonds is 19. The lowest BCUT2D eigenvalue weighted by Crippen LogP contribution is -2.47. The van der Waals surface area contributed by atoms with E-state index in [0.29, 0.717) is 33.8 Å². The van der Waals surface area contributed by atoms with Gasteiger partial charge in [-0.3, -0.25) is 0 Å². The molecule has 0 N–H and O–H groups in total. The van der Waals surface area contributed by atoms with Gasteiger partial charge >= 0.3 is 5.22 Å². The fraction of sp³-hybridized carbons (Fsp3) is 0.311. The van der Waals surface area contributed by atoms with E-state index in [4.69, 9.17) is 85.8 Å².